The molecule has 4 heteroatoms. The lowest BCUT2D eigenvalue weighted by Crippen LogP contribution is -2.32. The molecule has 1 saturated heterocycles. The van der Waals surface area contributed by atoms with Gasteiger partial charge in [0.05, 0.1) is 0 Å². The molecule has 1 aliphatic heterocycles. The van der Waals surface area contributed by atoms with Gasteiger partial charge in [-0.05, 0) is 56.4 Å². The van der Waals surface area contributed by atoms with Crippen molar-refractivity contribution in [2.45, 2.75) is 31.2 Å². The Bertz CT molecular complexity index is 422. The molecule has 1 atom stereocenters. The predicted octanol–water partition coefficient (Wildman–Crippen LogP) is 1.45. The molecule has 1 aromatic carbocycles. The number of aliphatic carboxylic acids is 1. The zero-order valence-corrected chi connectivity index (χ0v) is 11.4. The smallest absolute Gasteiger partial charge is 0.320 e. The van der Waals surface area contributed by atoms with Crippen LogP contribution in [0.3, 0.4) is 0 Å². The number of carboxylic acids is 1. The monoisotopic (exact) mass is 262 g/mol. The molecule has 0 amide bonds. The number of carbonyl (C=O) groups is 1. The number of likely N-dealkylation sites (tertiary alicyclic amines) is 1. The van der Waals surface area contributed by atoms with Crippen molar-refractivity contribution in [3.8, 4) is 0 Å². The molecule has 0 bridgehead atoms. The summed E-state index contributed by atoms with van der Waals surface area (Å²) in [5.74, 6) is -0.308. The molecule has 1 fully saturated rings. The molecule has 0 unspecified atom stereocenters. The normalized spacial score (nSPS) is 19.3. The molecule has 0 radical (unpaired) electrons. The summed E-state index contributed by atoms with van der Waals surface area (Å²) in [5, 5.41) is 8.80. The van der Waals surface area contributed by atoms with Crippen molar-refractivity contribution in [3.05, 3.63) is 35.4 Å². The van der Waals surface area contributed by atoms with E-state index in [0.29, 0.717) is 12.3 Å². The molecular weight excluding hydrogens is 240 g/mol. The Morgan fingerprint density at radius 2 is 1.95 bits per heavy atom. The fraction of sp³-hybridized carbons (Fsp3) is 0.533. The van der Waals surface area contributed by atoms with E-state index in [-0.39, 0.29) is 0 Å². The van der Waals surface area contributed by atoms with Crippen LogP contribution in [0.1, 0.15) is 29.9 Å². The highest BCUT2D eigenvalue weighted by Gasteiger charge is 2.18. The average Bonchev–Trinajstić information content (AvgIpc) is 2.40. The van der Waals surface area contributed by atoms with Gasteiger partial charge in [-0.2, -0.15) is 0 Å². The number of carboxylic acid groups (broad SMARTS) is 1. The maximum atomic E-state index is 10.7. The van der Waals surface area contributed by atoms with Gasteiger partial charge in [-0.15, -0.1) is 0 Å². The topological polar surface area (TPSA) is 66.6 Å². The highest BCUT2D eigenvalue weighted by Crippen LogP contribution is 2.27. The van der Waals surface area contributed by atoms with E-state index in [1.807, 2.05) is 12.1 Å². The number of rotatable bonds is 4. The van der Waals surface area contributed by atoms with Crippen molar-refractivity contribution in [1.82, 2.24) is 4.90 Å². The van der Waals surface area contributed by atoms with Crippen molar-refractivity contribution in [3.63, 3.8) is 0 Å². The van der Waals surface area contributed by atoms with Gasteiger partial charge >= 0.3 is 5.97 Å². The van der Waals surface area contributed by atoms with Gasteiger partial charge in [-0.1, -0.05) is 24.3 Å². The summed E-state index contributed by atoms with van der Waals surface area (Å²) in [6, 6.07) is 7.46. The summed E-state index contributed by atoms with van der Waals surface area (Å²) in [6.45, 7) is 2.30. The quantitative estimate of drug-likeness (QED) is 0.862. The molecule has 0 aromatic heterocycles. The number of benzene rings is 1. The molecule has 3 N–H and O–H groups in total. The molecule has 0 spiro atoms. The van der Waals surface area contributed by atoms with Gasteiger partial charge in [-0.25, -0.2) is 0 Å². The van der Waals surface area contributed by atoms with E-state index in [9.17, 15) is 4.79 Å². The first-order valence-corrected chi connectivity index (χ1v) is 6.82. The van der Waals surface area contributed by atoms with Crippen LogP contribution in [0, 0.1) is 0 Å². The van der Waals surface area contributed by atoms with Gasteiger partial charge in [0.2, 0.25) is 0 Å². The van der Waals surface area contributed by atoms with Crippen molar-refractivity contribution in [2.75, 3.05) is 20.1 Å². The highest BCUT2D eigenvalue weighted by molar-refractivity contribution is 5.73. The van der Waals surface area contributed by atoms with E-state index in [1.165, 1.54) is 18.4 Å². The van der Waals surface area contributed by atoms with Gasteiger partial charge in [0, 0.05) is 0 Å². The van der Waals surface area contributed by atoms with Crippen molar-refractivity contribution in [2.24, 2.45) is 5.73 Å². The SMILES string of the molecule is CN1CCC(c2ccc(C[C@H](N)C(=O)O)cc2)CC1. The molecule has 1 aliphatic rings. The number of hydrogen-bond donors (Lipinski definition) is 2. The Morgan fingerprint density at radius 1 is 1.37 bits per heavy atom. The van der Waals surface area contributed by atoms with Crippen LogP contribution in [0.2, 0.25) is 0 Å². The Balaban J connectivity index is 1.96. The zero-order valence-electron chi connectivity index (χ0n) is 11.4. The van der Waals surface area contributed by atoms with E-state index in [4.69, 9.17) is 10.8 Å². The summed E-state index contributed by atoms with van der Waals surface area (Å²) in [5.41, 5.74) is 7.89. The molecule has 4 nitrogen and oxygen atoms in total. The fourth-order valence-electron chi connectivity index (χ4n) is 2.61. The summed E-state index contributed by atoms with van der Waals surface area (Å²) in [6.07, 6.45) is 2.79. The molecule has 2 rings (SSSR count). The van der Waals surface area contributed by atoms with Crippen LogP contribution in [-0.4, -0.2) is 42.2 Å². The van der Waals surface area contributed by atoms with E-state index < -0.39 is 12.0 Å². The minimum absolute atomic E-state index is 0.392. The number of hydrogen-bond acceptors (Lipinski definition) is 3. The Hall–Kier alpha value is -1.39. The third kappa shape index (κ3) is 3.78. The summed E-state index contributed by atoms with van der Waals surface area (Å²) < 4.78 is 0. The predicted molar refractivity (Wildman–Crippen MR) is 75.2 cm³/mol. The standard InChI is InChI=1S/C15H22N2O2/c1-17-8-6-13(7-9-17)12-4-2-11(3-5-12)10-14(16)15(18)19/h2-5,13-14H,6-10,16H2,1H3,(H,18,19)/t14-/m0/s1. The van der Waals surface area contributed by atoms with E-state index in [1.54, 1.807) is 0 Å². The molecule has 104 valence electrons. The lowest BCUT2D eigenvalue weighted by atomic mass is 9.89. The van der Waals surface area contributed by atoms with Crippen molar-refractivity contribution >= 4 is 5.97 Å². The number of nitrogens with zero attached hydrogens (tertiary/aromatic N) is 1. The first kappa shape index (κ1) is 14.0. The van der Waals surface area contributed by atoms with Gasteiger partial charge < -0.3 is 15.7 Å². The van der Waals surface area contributed by atoms with Crippen LogP contribution in [0.15, 0.2) is 24.3 Å². The molecule has 1 aromatic rings. The number of piperidine rings is 1. The van der Waals surface area contributed by atoms with Gasteiger partial charge in [0.1, 0.15) is 6.04 Å². The third-order valence-electron chi connectivity index (χ3n) is 3.94. The van der Waals surface area contributed by atoms with Crippen LogP contribution in [0.25, 0.3) is 0 Å². The molecule has 19 heavy (non-hydrogen) atoms. The first-order chi connectivity index (χ1) is 9.06. The minimum atomic E-state index is -0.945. The average molecular weight is 262 g/mol. The lowest BCUT2D eigenvalue weighted by molar-refractivity contribution is -0.138. The van der Waals surface area contributed by atoms with Crippen molar-refractivity contribution in [1.29, 1.82) is 0 Å². The van der Waals surface area contributed by atoms with Crippen LogP contribution in [0.5, 0.6) is 0 Å². The Labute approximate surface area is 114 Å². The molecule has 0 aliphatic carbocycles. The third-order valence-corrected chi connectivity index (χ3v) is 3.94. The van der Waals surface area contributed by atoms with E-state index >= 15 is 0 Å². The van der Waals surface area contributed by atoms with Crippen LogP contribution in [-0.2, 0) is 11.2 Å². The van der Waals surface area contributed by atoms with Crippen LogP contribution >= 0.6 is 0 Å². The maximum absolute atomic E-state index is 10.7. The first-order valence-electron chi connectivity index (χ1n) is 6.82. The Kier molecular flexibility index (Phi) is 4.56. The second-order valence-corrected chi connectivity index (χ2v) is 5.47. The van der Waals surface area contributed by atoms with Crippen molar-refractivity contribution < 1.29 is 9.90 Å². The molecule has 0 saturated carbocycles. The number of nitrogens with two attached hydrogens (primary N) is 1. The van der Waals surface area contributed by atoms with Gasteiger partial charge in [-0.3, -0.25) is 4.79 Å². The van der Waals surface area contributed by atoms with Crippen LogP contribution < -0.4 is 5.73 Å². The van der Waals surface area contributed by atoms with Crippen LogP contribution in [0.4, 0.5) is 0 Å². The highest BCUT2D eigenvalue weighted by atomic mass is 16.4. The van der Waals surface area contributed by atoms with E-state index in [2.05, 4.69) is 24.1 Å². The van der Waals surface area contributed by atoms with Gasteiger partial charge in [0.15, 0.2) is 0 Å². The molecular formula is C15H22N2O2. The summed E-state index contributed by atoms with van der Waals surface area (Å²) in [7, 11) is 2.16. The second-order valence-electron chi connectivity index (χ2n) is 5.47. The van der Waals surface area contributed by atoms with Gasteiger partial charge in [0.25, 0.3) is 0 Å². The maximum Gasteiger partial charge on any atom is 0.320 e. The minimum Gasteiger partial charge on any atom is -0.480 e. The summed E-state index contributed by atoms with van der Waals surface area (Å²) >= 11 is 0. The Morgan fingerprint density at radius 3 is 2.47 bits per heavy atom. The lowest BCUT2D eigenvalue weighted by Gasteiger charge is -2.29. The molecule has 1 heterocycles. The second kappa shape index (κ2) is 6.17. The summed E-state index contributed by atoms with van der Waals surface area (Å²) in [4.78, 5) is 13.1. The van der Waals surface area contributed by atoms with E-state index in [0.717, 1.165) is 18.7 Å². The zero-order chi connectivity index (χ0) is 13.8. The fourth-order valence-corrected chi connectivity index (χ4v) is 2.61. The largest absolute Gasteiger partial charge is 0.480 e.